The van der Waals surface area contributed by atoms with E-state index < -0.39 is 18.1 Å². The Balaban J connectivity index is 1.22. The minimum Gasteiger partial charge on any atom is -0.450 e. The normalized spacial score (nSPS) is 15.0. The first-order valence-electron chi connectivity index (χ1n) is 12.1. The molecule has 0 amide bonds. The minimum absolute atomic E-state index is 0.0847. The van der Waals surface area contributed by atoms with Crippen molar-refractivity contribution in [1.29, 1.82) is 0 Å². The molecule has 10 nitrogen and oxygen atoms in total. The van der Waals surface area contributed by atoms with Gasteiger partial charge in [-0.15, -0.1) is 0 Å². The Bertz CT molecular complexity index is 1450. The molecule has 2 N–H and O–H groups in total. The van der Waals surface area contributed by atoms with Crippen molar-refractivity contribution in [3.05, 3.63) is 84.2 Å². The third-order valence-electron chi connectivity index (χ3n) is 6.51. The summed E-state index contributed by atoms with van der Waals surface area (Å²) in [5.74, 6) is -1.51. The lowest BCUT2D eigenvalue weighted by atomic mass is 10.0. The number of carboxylic acid groups (broad SMARTS) is 2. The number of ether oxygens (including phenoxy) is 2. The van der Waals surface area contributed by atoms with Gasteiger partial charge in [0.05, 0.1) is 0 Å². The van der Waals surface area contributed by atoms with E-state index >= 15 is 0 Å². The molecule has 0 spiro atoms. The molecule has 1 aromatic heterocycles. The SMILES string of the molecule is O=C(O)OC1(OC(=O)O)CCN(Cc2ccc(-c3nc(-c4ccc(-c5ccccc5)c(F)c4)no3)cc2)CC1. The van der Waals surface area contributed by atoms with E-state index in [0.717, 1.165) is 11.1 Å². The van der Waals surface area contributed by atoms with Gasteiger partial charge in [0, 0.05) is 49.2 Å². The number of carbonyl (C=O) groups is 2. The van der Waals surface area contributed by atoms with E-state index in [9.17, 15) is 14.0 Å². The first-order chi connectivity index (χ1) is 18.8. The second-order valence-electron chi connectivity index (χ2n) is 9.10. The average Bonchev–Trinajstić information content (AvgIpc) is 3.41. The second kappa shape index (κ2) is 10.9. The van der Waals surface area contributed by atoms with Crippen LogP contribution in [0, 0.1) is 5.82 Å². The first-order valence-corrected chi connectivity index (χ1v) is 12.1. The van der Waals surface area contributed by atoms with E-state index in [0.29, 0.717) is 42.2 Å². The third-order valence-corrected chi connectivity index (χ3v) is 6.51. The highest BCUT2D eigenvalue weighted by atomic mass is 19.1. The Morgan fingerprint density at radius 1 is 0.897 bits per heavy atom. The van der Waals surface area contributed by atoms with Crippen molar-refractivity contribution in [1.82, 2.24) is 15.0 Å². The highest BCUT2D eigenvalue weighted by Gasteiger charge is 2.42. The molecular weight excluding hydrogens is 509 g/mol. The second-order valence-corrected chi connectivity index (χ2v) is 9.10. The van der Waals surface area contributed by atoms with Crippen molar-refractivity contribution in [2.75, 3.05) is 13.1 Å². The molecule has 1 saturated heterocycles. The summed E-state index contributed by atoms with van der Waals surface area (Å²) >= 11 is 0. The maximum atomic E-state index is 14.8. The smallest absolute Gasteiger partial charge is 0.450 e. The van der Waals surface area contributed by atoms with Crippen molar-refractivity contribution in [2.45, 2.75) is 25.2 Å². The first kappa shape index (κ1) is 25.9. The third kappa shape index (κ3) is 6.04. The monoisotopic (exact) mass is 533 g/mol. The van der Waals surface area contributed by atoms with Crippen molar-refractivity contribution < 1.29 is 38.2 Å². The number of aromatic nitrogens is 2. The summed E-state index contributed by atoms with van der Waals surface area (Å²) in [6.07, 6.45) is -3.00. The Morgan fingerprint density at radius 2 is 1.54 bits per heavy atom. The molecule has 0 saturated carbocycles. The van der Waals surface area contributed by atoms with Crippen LogP contribution in [0.5, 0.6) is 0 Å². The summed E-state index contributed by atoms with van der Waals surface area (Å²) < 4.78 is 29.7. The molecule has 3 aromatic carbocycles. The number of rotatable bonds is 7. The summed E-state index contributed by atoms with van der Waals surface area (Å²) in [6.45, 7) is 1.32. The Hall–Kier alpha value is -4.77. The number of piperidine rings is 1. The van der Waals surface area contributed by atoms with Gasteiger partial charge in [-0.05, 0) is 29.3 Å². The van der Waals surface area contributed by atoms with Crippen LogP contribution >= 0.6 is 0 Å². The number of likely N-dealkylation sites (tertiary alicyclic amines) is 1. The zero-order valence-corrected chi connectivity index (χ0v) is 20.6. The van der Waals surface area contributed by atoms with Crippen LogP contribution in [0.3, 0.4) is 0 Å². The van der Waals surface area contributed by atoms with Crippen LogP contribution in [0.2, 0.25) is 0 Å². The van der Waals surface area contributed by atoms with Crippen LogP contribution in [0.1, 0.15) is 18.4 Å². The minimum atomic E-state index is -1.70. The van der Waals surface area contributed by atoms with Crippen molar-refractivity contribution in [3.8, 4) is 34.0 Å². The van der Waals surface area contributed by atoms with E-state index in [-0.39, 0.29) is 24.5 Å². The molecule has 0 atom stereocenters. The fraction of sp³-hybridized carbons (Fsp3) is 0.214. The van der Waals surface area contributed by atoms with Gasteiger partial charge >= 0.3 is 12.3 Å². The number of hydrogen-bond acceptors (Lipinski definition) is 8. The number of nitrogens with zero attached hydrogens (tertiary/aromatic N) is 3. The van der Waals surface area contributed by atoms with Crippen molar-refractivity contribution in [3.63, 3.8) is 0 Å². The molecule has 200 valence electrons. The van der Waals surface area contributed by atoms with Gasteiger partial charge in [0.15, 0.2) is 0 Å². The molecule has 1 aliphatic rings. The highest BCUT2D eigenvalue weighted by molar-refractivity contribution is 5.69. The van der Waals surface area contributed by atoms with Crippen LogP contribution in [-0.2, 0) is 16.0 Å². The molecule has 39 heavy (non-hydrogen) atoms. The molecule has 0 radical (unpaired) electrons. The summed E-state index contributed by atoms with van der Waals surface area (Å²) in [5.41, 5.74) is 3.44. The summed E-state index contributed by atoms with van der Waals surface area (Å²) in [7, 11) is 0. The molecule has 5 rings (SSSR count). The summed E-state index contributed by atoms with van der Waals surface area (Å²) in [4.78, 5) is 28.5. The predicted molar refractivity (Wildman–Crippen MR) is 136 cm³/mol. The van der Waals surface area contributed by atoms with E-state index in [1.165, 1.54) is 6.07 Å². The molecule has 0 unspecified atom stereocenters. The van der Waals surface area contributed by atoms with Crippen LogP contribution in [0.25, 0.3) is 34.0 Å². The average molecular weight is 534 g/mol. The Labute approximate surface area is 222 Å². The standard InChI is InChI=1S/C28H24FN3O7/c29-23-16-21(10-11-22(23)19-4-2-1-3-5-19)24-30-25(39-31-24)20-8-6-18(7-9-20)17-32-14-12-28(13-15-32,37-26(33)34)38-27(35)36/h1-11,16H,12-15,17H2,(H,33,34)(H,35,36). The number of hydrogen-bond donors (Lipinski definition) is 2. The largest absolute Gasteiger partial charge is 0.509 e. The lowest BCUT2D eigenvalue weighted by Gasteiger charge is -2.38. The van der Waals surface area contributed by atoms with Crippen molar-refractivity contribution >= 4 is 12.3 Å². The lowest BCUT2D eigenvalue weighted by Crippen LogP contribution is -2.49. The van der Waals surface area contributed by atoms with Crippen LogP contribution in [0.15, 0.2) is 77.3 Å². The van der Waals surface area contributed by atoms with Gasteiger partial charge in [-0.2, -0.15) is 4.98 Å². The van der Waals surface area contributed by atoms with E-state index in [1.54, 1.807) is 12.1 Å². The van der Waals surface area contributed by atoms with Crippen molar-refractivity contribution in [2.24, 2.45) is 0 Å². The molecular formula is C28H24FN3O7. The Morgan fingerprint density at radius 3 is 2.15 bits per heavy atom. The topological polar surface area (TPSA) is 135 Å². The zero-order chi connectivity index (χ0) is 27.4. The molecule has 0 bridgehead atoms. The molecule has 0 aliphatic carbocycles. The van der Waals surface area contributed by atoms with Crippen LogP contribution in [0.4, 0.5) is 14.0 Å². The van der Waals surface area contributed by atoms with Crippen LogP contribution in [-0.4, -0.2) is 56.4 Å². The van der Waals surface area contributed by atoms with Gasteiger partial charge < -0.3 is 24.2 Å². The quantitative estimate of drug-likeness (QED) is 0.219. The maximum Gasteiger partial charge on any atom is 0.509 e. The fourth-order valence-corrected chi connectivity index (χ4v) is 4.57. The summed E-state index contributed by atoms with van der Waals surface area (Å²) in [6, 6.07) is 21.6. The molecule has 2 heterocycles. The van der Waals surface area contributed by atoms with E-state index in [4.69, 9.17) is 24.2 Å². The van der Waals surface area contributed by atoms with Gasteiger partial charge in [0.2, 0.25) is 5.82 Å². The Kier molecular flexibility index (Phi) is 7.24. The number of halogens is 1. The number of benzene rings is 3. The molecule has 11 heteroatoms. The predicted octanol–water partition coefficient (Wildman–Crippen LogP) is 5.89. The lowest BCUT2D eigenvalue weighted by molar-refractivity contribution is -0.205. The van der Waals surface area contributed by atoms with Gasteiger partial charge in [-0.1, -0.05) is 59.8 Å². The zero-order valence-electron chi connectivity index (χ0n) is 20.6. The molecule has 4 aromatic rings. The van der Waals surface area contributed by atoms with E-state index in [2.05, 4.69) is 10.1 Å². The van der Waals surface area contributed by atoms with Crippen LogP contribution < -0.4 is 0 Å². The van der Waals surface area contributed by atoms with Gasteiger partial charge in [-0.25, -0.2) is 14.0 Å². The van der Waals surface area contributed by atoms with Gasteiger partial charge in [-0.3, -0.25) is 4.90 Å². The molecule has 1 fully saturated rings. The van der Waals surface area contributed by atoms with Gasteiger partial charge in [0.25, 0.3) is 11.7 Å². The maximum absolute atomic E-state index is 14.8. The summed E-state index contributed by atoms with van der Waals surface area (Å²) in [5, 5.41) is 21.9. The van der Waals surface area contributed by atoms with Gasteiger partial charge in [0.1, 0.15) is 5.82 Å². The highest BCUT2D eigenvalue weighted by Crippen LogP contribution is 2.30. The fourth-order valence-electron chi connectivity index (χ4n) is 4.57. The van der Waals surface area contributed by atoms with E-state index in [1.807, 2.05) is 59.5 Å². The molecule has 1 aliphatic heterocycles.